The Labute approximate surface area is 102 Å². The smallest absolute Gasteiger partial charge is 0.218 e. The topological polar surface area (TPSA) is 81.2 Å². The standard InChI is InChI=1S/C10H20N4O2S/c1-4-9(7-11)17(15,16)14(3)8-10-12-5-6-13(10)2/h5-6,9H,4,7-8,11H2,1-3H3. The van der Waals surface area contributed by atoms with E-state index in [1.54, 1.807) is 24.0 Å². The molecule has 0 saturated carbocycles. The van der Waals surface area contributed by atoms with E-state index < -0.39 is 15.3 Å². The van der Waals surface area contributed by atoms with Gasteiger partial charge in [0.25, 0.3) is 0 Å². The van der Waals surface area contributed by atoms with Crippen LogP contribution in [0.3, 0.4) is 0 Å². The number of nitrogens with two attached hydrogens (primary N) is 1. The van der Waals surface area contributed by atoms with Gasteiger partial charge in [-0.2, -0.15) is 4.31 Å². The van der Waals surface area contributed by atoms with Gasteiger partial charge in [-0.15, -0.1) is 0 Å². The van der Waals surface area contributed by atoms with Gasteiger partial charge in [0.15, 0.2) is 0 Å². The van der Waals surface area contributed by atoms with E-state index in [4.69, 9.17) is 5.73 Å². The summed E-state index contributed by atoms with van der Waals surface area (Å²) in [5, 5.41) is -0.521. The normalized spacial score (nSPS) is 14.2. The Kier molecular flexibility index (Phi) is 4.67. The molecule has 1 rings (SSSR count). The summed E-state index contributed by atoms with van der Waals surface area (Å²) >= 11 is 0. The summed E-state index contributed by atoms with van der Waals surface area (Å²) in [6, 6.07) is 0. The lowest BCUT2D eigenvalue weighted by Crippen LogP contribution is -2.39. The molecule has 0 fully saturated rings. The number of imidazole rings is 1. The van der Waals surface area contributed by atoms with Gasteiger partial charge in [-0.1, -0.05) is 6.92 Å². The van der Waals surface area contributed by atoms with Crippen molar-refractivity contribution in [1.82, 2.24) is 13.9 Å². The maximum atomic E-state index is 12.1. The number of aryl methyl sites for hydroxylation is 1. The van der Waals surface area contributed by atoms with Crippen LogP contribution in [0.5, 0.6) is 0 Å². The van der Waals surface area contributed by atoms with Crippen LogP contribution in [0.1, 0.15) is 19.2 Å². The van der Waals surface area contributed by atoms with Gasteiger partial charge >= 0.3 is 0 Å². The molecule has 1 aromatic heterocycles. The second-order valence-corrected chi connectivity index (χ2v) is 6.34. The highest BCUT2D eigenvalue weighted by Crippen LogP contribution is 2.12. The first kappa shape index (κ1) is 14.1. The lowest BCUT2D eigenvalue weighted by Gasteiger charge is -2.22. The molecular weight excluding hydrogens is 240 g/mol. The van der Waals surface area contributed by atoms with Crippen molar-refractivity contribution in [3.63, 3.8) is 0 Å². The molecule has 0 bridgehead atoms. The molecule has 1 atom stereocenters. The van der Waals surface area contributed by atoms with Gasteiger partial charge in [-0.25, -0.2) is 13.4 Å². The maximum Gasteiger partial charge on any atom is 0.218 e. The zero-order valence-electron chi connectivity index (χ0n) is 10.5. The fourth-order valence-electron chi connectivity index (χ4n) is 1.59. The molecule has 7 heteroatoms. The van der Waals surface area contributed by atoms with Crippen molar-refractivity contribution >= 4 is 10.0 Å². The lowest BCUT2D eigenvalue weighted by molar-refractivity contribution is 0.439. The number of sulfonamides is 1. The van der Waals surface area contributed by atoms with Gasteiger partial charge in [0.2, 0.25) is 10.0 Å². The van der Waals surface area contributed by atoms with Crippen LogP contribution in [0.4, 0.5) is 0 Å². The van der Waals surface area contributed by atoms with Crippen molar-refractivity contribution in [2.75, 3.05) is 13.6 Å². The van der Waals surface area contributed by atoms with Crippen LogP contribution in [0.2, 0.25) is 0 Å². The first-order valence-corrected chi connectivity index (χ1v) is 7.05. The van der Waals surface area contributed by atoms with E-state index in [9.17, 15) is 8.42 Å². The van der Waals surface area contributed by atoms with Crippen molar-refractivity contribution in [3.05, 3.63) is 18.2 Å². The van der Waals surface area contributed by atoms with Gasteiger partial charge in [0.1, 0.15) is 5.82 Å². The Morgan fingerprint density at radius 1 is 1.59 bits per heavy atom. The second kappa shape index (κ2) is 5.61. The minimum atomic E-state index is -3.34. The van der Waals surface area contributed by atoms with E-state index in [-0.39, 0.29) is 13.1 Å². The van der Waals surface area contributed by atoms with E-state index in [1.807, 2.05) is 14.0 Å². The summed E-state index contributed by atoms with van der Waals surface area (Å²) in [7, 11) is 0.0552. The fourth-order valence-corrected chi connectivity index (χ4v) is 3.06. The molecule has 17 heavy (non-hydrogen) atoms. The molecule has 0 aromatic carbocycles. The van der Waals surface area contributed by atoms with Gasteiger partial charge in [0.05, 0.1) is 11.8 Å². The Morgan fingerprint density at radius 3 is 2.65 bits per heavy atom. The van der Waals surface area contributed by atoms with Gasteiger partial charge in [-0.05, 0) is 6.42 Å². The molecule has 0 amide bonds. The third kappa shape index (κ3) is 3.05. The van der Waals surface area contributed by atoms with Crippen LogP contribution in [0.15, 0.2) is 12.4 Å². The first-order chi connectivity index (χ1) is 7.93. The molecule has 6 nitrogen and oxygen atoms in total. The van der Waals surface area contributed by atoms with Crippen molar-refractivity contribution in [3.8, 4) is 0 Å². The van der Waals surface area contributed by atoms with E-state index >= 15 is 0 Å². The fraction of sp³-hybridized carbons (Fsp3) is 0.700. The minimum Gasteiger partial charge on any atom is -0.337 e. The van der Waals surface area contributed by atoms with Gasteiger partial charge in [-0.3, -0.25) is 0 Å². The molecule has 1 unspecified atom stereocenters. The highest BCUT2D eigenvalue weighted by Gasteiger charge is 2.27. The molecule has 1 aromatic rings. The highest BCUT2D eigenvalue weighted by atomic mass is 32.2. The third-order valence-electron chi connectivity index (χ3n) is 2.86. The molecule has 1 heterocycles. The van der Waals surface area contributed by atoms with Crippen molar-refractivity contribution in [1.29, 1.82) is 0 Å². The van der Waals surface area contributed by atoms with E-state index in [0.717, 1.165) is 0 Å². The molecular formula is C10H20N4O2S. The minimum absolute atomic E-state index is 0.143. The summed E-state index contributed by atoms with van der Waals surface area (Å²) in [6.45, 7) is 2.23. The largest absolute Gasteiger partial charge is 0.337 e. The van der Waals surface area contributed by atoms with Gasteiger partial charge in [0, 0.05) is 33.0 Å². The maximum absolute atomic E-state index is 12.1. The molecule has 98 valence electrons. The van der Waals surface area contributed by atoms with Crippen molar-refractivity contribution in [2.45, 2.75) is 25.1 Å². The SMILES string of the molecule is CCC(CN)S(=O)(=O)N(C)Cc1nccn1C. The van der Waals surface area contributed by atoms with Crippen LogP contribution in [0, 0.1) is 0 Å². The van der Waals surface area contributed by atoms with Crippen molar-refractivity contribution < 1.29 is 8.42 Å². The monoisotopic (exact) mass is 260 g/mol. The Balaban J connectivity index is 2.83. The summed E-state index contributed by atoms with van der Waals surface area (Å²) in [4.78, 5) is 4.11. The van der Waals surface area contributed by atoms with Crippen LogP contribution in [0.25, 0.3) is 0 Å². The number of aromatic nitrogens is 2. The number of nitrogens with zero attached hydrogens (tertiary/aromatic N) is 3. The van der Waals surface area contributed by atoms with Crippen LogP contribution < -0.4 is 5.73 Å². The van der Waals surface area contributed by atoms with Crippen LogP contribution in [-0.2, 0) is 23.6 Å². The van der Waals surface area contributed by atoms with E-state index in [0.29, 0.717) is 12.2 Å². The Hall–Kier alpha value is -0.920. The molecule has 0 saturated heterocycles. The summed E-state index contributed by atoms with van der Waals surface area (Å²) in [5.41, 5.74) is 5.48. The predicted molar refractivity (Wildman–Crippen MR) is 66.7 cm³/mol. The summed E-state index contributed by atoms with van der Waals surface area (Å²) in [6.07, 6.45) is 3.95. The Bertz CT molecular complexity index is 451. The van der Waals surface area contributed by atoms with E-state index in [1.165, 1.54) is 4.31 Å². The lowest BCUT2D eigenvalue weighted by atomic mass is 10.3. The predicted octanol–water partition coefficient (Wildman–Crippen LogP) is -0.0810. The highest BCUT2D eigenvalue weighted by molar-refractivity contribution is 7.89. The average molecular weight is 260 g/mol. The second-order valence-electron chi connectivity index (χ2n) is 4.02. The number of hydrogen-bond donors (Lipinski definition) is 1. The quantitative estimate of drug-likeness (QED) is 0.775. The third-order valence-corrected chi connectivity index (χ3v) is 5.23. The first-order valence-electron chi connectivity index (χ1n) is 5.54. The van der Waals surface area contributed by atoms with Crippen molar-refractivity contribution in [2.24, 2.45) is 12.8 Å². The number of hydrogen-bond acceptors (Lipinski definition) is 4. The molecule has 0 aliphatic carbocycles. The summed E-state index contributed by atoms with van der Waals surface area (Å²) in [5.74, 6) is 0.711. The Morgan fingerprint density at radius 2 is 2.24 bits per heavy atom. The zero-order chi connectivity index (χ0) is 13.1. The summed E-state index contributed by atoms with van der Waals surface area (Å²) < 4.78 is 27.4. The number of rotatable bonds is 6. The molecule has 0 radical (unpaired) electrons. The van der Waals surface area contributed by atoms with Crippen LogP contribution >= 0.6 is 0 Å². The zero-order valence-corrected chi connectivity index (χ0v) is 11.3. The molecule has 0 aliphatic rings. The van der Waals surface area contributed by atoms with Crippen LogP contribution in [-0.4, -0.2) is 41.1 Å². The van der Waals surface area contributed by atoms with E-state index in [2.05, 4.69) is 4.98 Å². The molecule has 0 spiro atoms. The van der Waals surface area contributed by atoms with Gasteiger partial charge < -0.3 is 10.3 Å². The molecule has 0 aliphatic heterocycles. The average Bonchev–Trinajstić information content (AvgIpc) is 2.65. The molecule has 2 N–H and O–H groups in total.